The zero-order chi connectivity index (χ0) is 31.5. The Morgan fingerprint density at radius 2 is 1.84 bits per heavy atom. The van der Waals surface area contributed by atoms with Crippen molar-refractivity contribution in [2.45, 2.75) is 90.1 Å². The number of carbonyl (C=O) groups excluding carboxylic acids is 2. The van der Waals surface area contributed by atoms with E-state index in [4.69, 9.17) is 0 Å². The molecule has 0 aliphatic heterocycles. The van der Waals surface area contributed by atoms with Crippen LogP contribution >= 0.6 is 0 Å². The maximum atomic E-state index is 15.0. The van der Waals surface area contributed by atoms with Crippen LogP contribution in [0.15, 0.2) is 18.5 Å². The van der Waals surface area contributed by atoms with Gasteiger partial charge in [0.2, 0.25) is 12.3 Å². The van der Waals surface area contributed by atoms with Crippen molar-refractivity contribution >= 4 is 17.5 Å². The predicted molar refractivity (Wildman–Crippen MR) is 138 cm³/mol. The number of alkyl halides is 5. The van der Waals surface area contributed by atoms with Crippen LogP contribution in [0.25, 0.3) is 0 Å². The van der Waals surface area contributed by atoms with Gasteiger partial charge >= 0.3 is 6.18 Å². The number of carbonyl (C=O) groups is 2. The van der Waals surface area contributed by atoms with Crippen LogP contribution in [0.2, 0.25) is 0 Å². The Kier molecular flexibility index (Phi) is 9.74. The van der Waals surface area contributed by atoms with Crippen LogP contribution in [-0.4, -0.2) is 70.2 Å². The minimum Gasteiger partial charge on any atom is -0.339 e. The third-order valence-corrected chi connectivity index (χ3v) is 7.35. The highest BCUT2D eigenvalue weighted by Gasteiger charge is 2.36. The average molecular weight is 619 g/mol. The molecule has 4 rings (SSSR count). The number of hydrogen-bond acceptors (Lipinski definition) is 7. The normalized spacial score (nSPS) is 19.0. The maximum absolute atomic E-state index is 15.0. The highest BCUT2D eigenvalue weighted by molar-refractivity contribution is 6.00. The van der Waals surface area contributed by atoms with E-state index in [1.807, 2.05) is 13.8 Å². The van der Waals surface area contributed by atoms with E-state index in [9.17, 15) is 35.9 Å². The van der Waals surface area contributed by atoms with E-state index < -0.39 is 66.9 Å². The van der Waals surface area contributed by atoms with Crippen LogP contribution < -0.4 is 10.6 Å². The molecule has 2 N–H and O–H groups in total. The smallest absolute Gasteiger partial charge is 0.339 e. The molecule has 3 aromatic heterocycles. The summed E-state index contributed by atoms with van der Waals surface area (Å²) in [4.78, 5) is 26.7. The van der Waals surface area contributed by atoms with Gasteiger partial charge < -0.3 is 10.6 Å². The minimum atomic E-state index is -4.77. The summed E-state index contributed by atoms with van der Waals surface area (Å²) in [6.07, 6.45) is -3.72. The van der Waals surface area contributed by atoms with Gasteiger partial charge in [-0.2, -0.15) is 22.7 Å². The van der Waals surface area contributed by atoms with E-state index in [2.05, 4.69) is 43.3 Å². The minimum absolute atomic E-state index is 0.142. The highest BCUT2D eigenvalue weighted by atomic mass is 19.4. The number of nitrogens with one attached hydrogen (secondary N) is 2. The summed E-state index contributed by atoms with van der Waals surface area (Å²) in [7, 11) is 0. The first-order chi connectivity index (χ1) is 20.2. The number of anilines is 1. The number of hydrogen-bond donors (Lipinski definition) is 2. The third kappa shape index (κ3) is 7.90. The SMILES string of the molecule is CC(C)n1nccc1C(=O)N[C@H](C(=O)Nc1cn(C(CC(F)F)c2nnnn2CC(F)(F)F)nc1F)[C@H]1CC[C@H](C)CC1. The summed E-state index contributed by atoms with van der Waals surface area (Å²) < 4.78 is 83.3. The summed E-state index contributed by atoms with van der Waals surface area (Å²) in [6.45, 7) is 4.08. The van der Waals surface area contributed by atoms with E-state index in [1.165, 1.54) is 16.9 Å². The number of amides is 2. The zero-order valence-corrected chi connectivity index (χ0v) is 23.6. The Labute approximate surface area is 242 Å². The Bertz CT molecular complexity index is 1390. The summed E-state index contributed by atoms with van der Waals surface area (Å²) in [6, 6.07) is -1.41. The number of tetrazole rings is 1. The molecular weight excluding hydrogens is 586 g/mol. The van der Waals surface area contributed by atoms with Gasteiger partial charge in [-0.1, -0.05) is 19.8 Å². The van der Waals surface area contributed by atoms with Gasteiger partial charge in [0.15, 0.2) is 5.82 Å². The van der Waals surface area contributed by atoms with Gasteiger partial charge in [0.25, 0.3) is 11.9 Å². The molecule has 1 unspecified atom stereocenters. The van der Waals surface area contributed by atoms with Crippen LogP contribution in [0.1, 0.15) is 81.3 Å². The fraction of sp³-hybridized carbons (Fsp3) is 0.640. The van der Waals surface area contributed by atoms with E-state index in [0.29, 0.717) is 23.4 Å². The molecule has 0 bridgehead atoms. The lowest BCUT2D eigenvalue weighted by atomic mass is 9.79. The van der Waals surface area contributed by atoms with Crippen molar-refractivity contribution in [3.8, 4) is 0 Å². The van der Waals surface area contributed by atoms with Crippen molar-refractivity contribution < 1.29 is 35.9 Å². The van der Waals surface area contributed by atoms with Crippen LogP contribution in [0.3, 0.4) is 0 Å². The Hall–Kier alpha value is -3.99. The van der Waals surface area contributed by atoms with Crippen LogP contribution in [0.4, 0.5) is 32.0 Å². The van der Waals surface area contributed by atoms with Crippen LogP contribution in [0.5, 0.6) is 0 Å². The monoisotopic (exact) mass is 618 g/mol. The lowest BCUT2D eigenvalue weighted by molar-refractivity contribution is -0.143. The molecule has 18 heteroatoms. The molecule has 2 amide bonds. The van der Waals surface area contributed by atoms with Gasteiger partial charge in [0, 0.05) is 18.7 Å². The van der Waals surface area contributed by atoms with Gasteiger partial charge in [0.1, 0.15) is 30.0 Å². The molecule has 0 saturated heterocycles. The zero-order valence-electron chi connectivity index (χ0n) is 23.6. The fourth-order valence-corrected chi connectivity index (χ4v) is 5.19. The van der Waals surface area contributed by atoms with Gasteiger partial charge in [-0.05, 0) is 55.0 Å². The summed E-state index contributed by atoms with van der Waals surface area (Å²) in [5, 5.41) is 22.6. The molecule has 1 fully saturated rings. The van der Waals surface area contributed by atoms with E-state index >= 15 is 0 Å². The second kappa shape index (κ2) is 13.1. The van der Waals surface area contributed by atoms with Crippen molar-refractivity contribution in [1.29, 1.82) is 0 Å². The molecule has 2 atom stereocenters. The fourth-order valence-electron chi connectivity index (χ4n) is 5.19. The quantitative estimate of drug-likeness (QED) is 0.308. The van der Waals surface area contributed by atoms with E-state index in [0.717, 1.165) is 19.0 Å². The third-order valence-electron chi connectivity index (χ3n) is 7.35. The molecule has 236 valence electrons. The summed E-state index contributed by atoms with van der Waals surface area (Å²) in [5.41, 5.74) is -0.294. The molecule has 0 radical (unpaired) electrons. The molecular formula is C25H32F6N10O2. The lowest BCUT2D eigenvalue weighted by Crippen LogP contribution is -2.49. The highest BCUT2D eigenvalue weighted by Crippen LogP contribution is 2.32. The first kappa shape index (κ1) is 31.9. The van der Waals surface area contributed by atoms with Crippen molar-refractivity contribution in [2.75, 3.05) is 5.32 Å². The number of nitrogens with zero attached hydrogens (tertiary/aromatic N) is 8. The van der Waals surface area contributed by atoms with Crippen LogP contribution in [0, 0.1) is 17.8 Å². The van der Waals surface area contributed by atoms with Crippen molar-refractivity contribution in [3.63, 3.8) is 0 Å². The van der Waals surface area contributed by atoms with Gasteiger partial charge in [-0.15, -0.1) is 10.2 Å². The van der Waals surface area contributed by atoms with Gasteiger partial charge in [-0.25, -0.2) is 13.5 Å². The predicted octanol–water partition coefficient (Wildman–Crippen LogP) is 4.16. The Morgan fingerprint density at radius 3 is 2.47 bits per heavy atom. The van der Waals surface area contributed by atoms with E-state index in [1.54, 1.807) is 0 Å². The first-order valence-electron chi connectivity index (χ1n) is 13.7. The molecule has 3 heterocycles. The van der Waals surface area contributed by atoms with Gasteiger partial charge in [-0.3, -0.25) is 19.0 Å². The lowest BCUT2D eigenvalue weighted by Gasteiger charge is -2.32. The molecule has 12 nitrogen and oxygen atoms in total. The molecule has 1 aliphatic rings. The Balaban J connectivity index is 1.60. The molecule has 0 spiro atoms. The number of rotatable bonds is 11. The second-order valence-electron chi connectivity index (χ2n) is 11.0. The van der Waals surface area contributed by atoms with Crippen LogP contribution in [-0.2, 0) is 11.3 Å². The summed E-state index contributed by atoms with van der Waals surface area (Å²) in [5.74, 6) is -3.09. The Morgan fingerprint density at radius 1 is 1.14 bits per heavy atom. The summed E-state index contributed by atoms with van der Waals surface area (Å²) >= 11 is 0. The number of halogens is 6. The van der Waals surface area contributed by atoms with Crippen molar-refractivity contribution in [1.82, 2.24) is 45.1 Å². The molecule has 43 heavy (non-hydrogen) atoms. The average Bonchev–Trinajstić information content (AvgIpc) is 3.66. The largest absolute Gasteiger partial charge is 0.408 e. The number of aromatic nitrogens is 8. The molecule has 0 aromatic carbocycles. The van der Waals surface area contributed by atoms with Crippen molar-refractivity contribution in [2.24, 2.45) is 11.8 Å². The molecule has 3 aromatic rings. The molecule has 1 aliphatic carbocycles. The first-order valence-corrected chi connectivity index (χ1v) is 13.7. The van der Waals surface area contributed by atoms with Gasteiger partial charge in [0.05, 0.1) is 6.20 Å². The topological polar surface area (TPSA) is 137 Å². The van der Waals surface area contributed by atoms with E-state index in [-0.39, 0.29) is 22.3 Å². The maximum Gasteiger partial charge on any atom is 0.408 e. The molecule has 1 saturated carbocycles. The second-order valence-corrected chi connectivity index (χ2v) is 11.0. The van der Waals surface area contributed by atoms with Crippen molar-refractivity contribution in [3.05, 3.63) is 35.9 Å². The standard InChI is InChI=1S/C25H32F6N10O2/c1-13(2)41-17(8-9-32-41)23(42)34-20(15-6-4-14(3)5-7-15)24(43)33-16-11-39(36-21(16)28)18(10-19(26)27)22-35-37-38-40(22)12-25(29,30)31/h8-9,11,13-15,18-20H,4-7,10,12H2,1-3H3,(H,33,43)(H,34,42)/t14-,15-,18?,20-/m0/s1.